The molecular weight excluding hydrogens is 473 g/mol. The van der Waals surface area contributed by atoms with E-state index in [1.54, 1.807) is 0 Å². The molecule has 1 amide bonds. The second kappa shape index (κ2) is 10.2. The molecule has 1 N–H and O–H groups in total. The Morgan fingerprint density at radius 3 is 2.08 bits per heavy atom. The maximum Gasteiger partial charge on any atom is 0.433 e. The SMILES string of the molecule is Cn1c(=O)n(CC(=O)NCCC(c2ccccc2)c2ccccc2)c(=O)c2ccc(C(F)(F)F)nc21. The van der Waals surface area contributed by atoms with Gasteiger partial charge in [0.15, 0.2) is 0 Å². The smallest absolute Gasteiger partial charge is 0.355 e. The van der Waals surface area contributed by atoms with Gasteiger partial charge in [-0.1, -0.05) is 60.7 Å². The maximum absolute atomic E-state index is 13.0. The molecule has 0 saturated heterocycles. The number of nitrogens with zero attached hydrogens (tertiary/aromatic N) is 3. The fraction of sp³-hybridized carbons (Fsp3) is 0.231. The van der Waals surface area contributed by atoms with E-state index < -0.39 is 41.2 Å². The number of benzene rings is 2. The number of hydrogen-bond acceptors (Lipinski definition) is 4. The minimum absolute atomic E-state index is 0.0258. The highest BCUT2D eigenvalue weighted by molar-refractivity contribution is 5.77. The van der Waals surface area contributed by atoms with Gasteiger partial charge in [-0.2, -0.15) is 13.2 Å². The minimum atomic E-state index is -4.73. The van der Waals surface area contributed by atoms with Crippen LogP contribution in [-0.2, 0) is 24.6 Å². The molecule has 2 aromatic carbocycles. The summed E-state index contributed by atoms with van der Waals surface area (Å²) in [5, 5.41) is 2.55. The number of carbonyl (C=O) groups is 1. The average molecular weight is 496 g/mol. The van der Waals surface area contributed by atoms with Gasteiger partial charge < -0.3 is 5.32 Å². The van der Waals surface area contributed by atoms with Gasteiger partial charge >= 0.3 is 11.9 Å². The zero-order valence-electron chi connectivity index (χ0n) is 19.3. The summed E-state index contributed by atoms with van der Waals surface area (Å²) < 4.78 is 40.5. The van der Waals surface area contributed by atoms with Crippen LogP contribution in [0.3, 0.4) is 0 Å². The Morgan fingerprint density at radius 1 is 0.944 bits per heavy atom. The van der Waals surface area contributed by atoms with Crippen LogP contribution in [0.15, 0.2) is 82.4 Å². The Balaban J connectivity index is 1.51. The summed E-state index contributed by atoms with van der Waals surface area (Å²) in [5.74, 6) is -0.536. The first kappa shape index (κ1) is 24.9. The first-order valence-corrected chi connectivity index (χ1v) is 11.2. The number of pyridine rings is 1. The van der Waals surface area contributed by atoms with Gasteiger partial charge in [-0.25, -0.2) is 9.78 Å². The third kappa shape index (κ3) is 5.22. The van der Waals surface area contributed by atoms with E-state index in [4.69, 9.17) is 0 Å². The number of amides is 1. The van der Waals surface area contributed by atoms with Gasteiger partial charge in [-0.3, -0.25) is 18.7 Å². The molecule has 4 aromatic rings. The molecule has 4 rings (SSSR count). The van der Waals surface area contributed by atoms with Crippen molar-refractivity contribution in [3.63, 3.8) is 0 Å². The summed E-state index contributed by atoms with van der Waals surface area (Å²) in [7, 11) is 1.20. The molecule has 0 radical (unpaired) electrons. The van der Waals surface area contributed by atoms with Crippen LogP contribution in [0.25, 0.3) is 11.0 Å². The highest BCUT2D eigenvalue weighted by Gasteiger charge is 2.33. The molecule has 7 nitrogen and oxygen atoms in total. The Hall–Kier alpha value is -4.21. The molecule has 0 atom stereocenters. The van der Waals surface area contributed by atoms with Crippen molar-refractivity contribution in [1.82, 2.24) is 19.4 Å². The van der Waals surface area contributed by atoms with Gasteiger partial charge in [0.25, 0.3) is 5.56 Å². The molecule has 0 aliphatic heterocycles. The van der Waals surface area contributed by atoms with Crippen molar-refractivity contribution in [2.45, 2.75) is 25.1 Å². The van der Waals surface area contributed by atoms with Crippen molar-refractivity contribution in [2.24, 2.45) is 7.05 Å². The van der Waals surface area contributed by atoms with Gasteiger partial charge in [0.05, 0.1) is 5.39 Å². The van der Waals surface area contributed by atoms with Gasteiger partial charge in [0.1, 0.15) is 17.9 Å². The van der Waals surface area contributed by atoms with Gasteiger partial charge in [0.2, 0.25) is 5.91 Å². The second-order valence-electron chi connectivity index (χ2n) is 8.31. The predicted octanol–water partition coefficient (Wildman–Crippen LogP) is 3.45. The molecule has 0 unspecified atom stereocenters. The van der Waals surface area contributed by atoms with Crippen LogP contribution >= 0.6 is 0 Å². The standard InChI is InChI=1S/C26H23F3N4O3/c1-32-23-20(12-13-21(31-23)26(27,28)29)24(35)33(25(32)36)16-22(34)30-15-14-19(17-8-4-2-5-9-17)18-10-6-3-7-11-18/h2-13,19H,14-16H2,1H3,(H,30,34). The van der Waals surface area contributed by atoms with E-state index in [2.05, 4.69) is 10.3 Å². The zero-order chi connectivity index (χ0) is 25.9. The topological polar surface area (TPSA) is 86.0 Å². The average Bonchev–Trinajstić information content (AvgIpc) is 2.88. The number of aromatic nitrogens is 3. The lowest BCUT2D eigenvalue weighted by molar-refractivity contribution is -0.141. The first-order valence-electron chi connectivity index (χ1n) is 11.2. The lowest BCUT2D eigenvalue weighted by Crippen LogP contribution is -2.43. The Bertz CT molecular complexity index is 1460. The van der Waals surface area contributed by atoms with Crippen LogP contribution in [0.2, 0.25) is 0 Å². The molecule has 2 heterocycles. The second-order valence-corrected chi connectivity index (χ2v) is 8.31. The molecule has 0 spiro atoms. The Morgan fingerprint density at radius 2 is 1.53 bits per heavy atom. The zero-order valence-corrected chi connectivity index (χ0v) is 19.3. The number of alkyl halides is 3. The number of hydrogen-bond donors (Lipinski definition) is 1. The van der Waals surface area contributed by atoms with E-state index in [-0.39, 0.29) is 17.8 Å². The number of carbonyl (C=O) groups excluding carboxylic acids is 1. The van der Waals surface area contributed by atoms with Crippen molar-refractivity contribution in [3.8, 4) is 0 Å². The minimum Gasteiger partial charge on any atom is -0.355 e. The van der Waals surface area contributed by atoms with E-state index in [1.165, 1.54) is 7.05 Å². The summed E-state index contributed by atoms with van der Waals surface area (Å²) in [4.78, 5) is 41.5. The number of halogens is 3. The molecule has 0 fully saturated rings. The number of aryl methyl sites for hydroxylation is 1. The molecule has 0 aliphatic carbocycles. The van der Waals surface area contributed by atoms with Crippen molar-refractivity contribution < 1.29 is 18.0 Å². The van der Waals surface area contributed by atoms with Crippen LogP contribution in [0.1, 0.15) is 29.2 Å². The quantitative estimate of drug-likeness (QED) is 0.425. The summed E-state index contributed by atoms with van der Waals surface area (Å²) in [6, 6.07) is 21.3. The number of fused-ring (bicyclic) bond motifs is 1. The summed E-state index contributed by atoms with van der Waals surface area (Å²) in [6.07, 6.45) is -4.15. The molecule has 36 heavy (non-hydrogen) atoms. The van der Waals surface area contributed by atoms with E-state index in [9.17, 15) is 27.6 Å². The Kier molecular flexibility index (Phi) is 7.05. The predicted molar refractivity (Wildman–Crippen MR) is 129 cm³/mol. The normalized spacial score (nSPS) is 11.7. The maximum atomic E-state index is 13.0. The number of nitrogens with one attached hydrogen (secondary N) is 1. The fourth-order valence-corrected chi connectivity index (χ4v) is 4.12. The van der Waals surface area contributed by atoms with E-state index in [1.807, 2.05) is 60.7 Å². The van der Waals surface area contributed by atoms with Crippen molar-refractivity contribution in [1.29, 1.82) is 0 Å². The molecule has 0 bridgehead atoms. The van der Waals surface area contributed by atoms with Crippen molar-refractivity contribution in [2.75, 3.05) is 6.54 Å². The fourth-order valence-electron chi connectivity index (χ4n) is 4.12. The van der Waals surface area contributed by atoms with Crippen LogP contribution in [0, 0.1) is 0 Å². The van der Waals surface area contributed by atoms with Crippen LogP contribution in [0.5, 0.6) is 0 Å². The lowest BCUT2D eigenvalue weighted by atomic mass is 9.88. The van der Waals surface area contributed by atoms with Crippen molar-refractivity contribution >= 4 is 16.9 Å². The van der Waals surface area contributed by atoms with E-state index in [0.29, 0.717) is 17.1 Å². The van der Waals surface area contributed by atoms with Crippen LogP contribution < -0.4 is 16.6 Å². The van der Waals surface area contributed by atoms with Gasteiger partial charge in [0, 0.05) is 19.5 Å². The molecule has 0 aliphatic rings. The van der Waals surface area contributed by atoms with Gasteiger partial charge in [-0.15, -0.1) is 0 Å². The molecule has 10 heteroatoms. The van der Waals surface area contributed by atoms with Crippen molar-refractivity contribution in [3.05, 3.63) is 110 Å². The van der Waals surface area contributed by atoms with Crippen LogP contribution in [-0.4, -0.2) is 26.6 Å². The summed E-state index contributed by atoms with van der Waals surface area (Å²) in [5.41, 5.74) is -1.25. The molecule has 0 saturated carbocycles. The third-order valence-corrected chi connectivity index (χ3v) is 5.94. The Labute approximate surface area is 203 Å². The highest BCUT2D eigenvalue weighted by Crippen LogP contribution is 2.28. The molecular formula is C26H23F3N4O3. The van der Waals surface area contributed by atoms with E-state index in [0.717, 1.165) is 21.8 Å². The lowest BCUT2D eigenvalue weighted by Gasteiger charge is -2.18. The third-order valence-electron chi connectivity index (χ3n) is 5.94. The highest BCUT2D eigenvalue weighted by atomic mass is 19.4. The largest absolute Gasteiger partial charge is 0.433 e. The summed E-state index contributed by atoms with van der Waals surface area (Å²) >= 11 is 0. The van der Waals surface area contributed by atoms with Gasteiger partial charge in [-0.05, 0) is 29.7 Å². The number of rotatable bonds is 7. The van der Waals surface area contributed by atoms with Crippen LogP contribution in [0.4, 0.5) is 13.2 Å². The summed E-state index contributed by atoms with van der Waals surface area (Å²) in [6.45, 7) is -0.282. The monoisotopic (exact) mass is 496 g/mol. The molecule has 2 aromatic heterocycles. The molecule has 186 valence electrons. The van der Waals surface area contributed by atoms with E-state index >= 15 is 0 Å². The first-order chi connectivity index (χ1) is 17.2.